The Kier molecular flexibility index (Phi) is 24.3. The minimum Gasteiger partial charge on any atom is -0.478 e. The molecule has 0 radical (unpaired) electrons. The first kappa shape index (κ1) is 37.8. The smallest absolute Gasteiger partial charge is 0.478 e. The van der Waals surface area contributed by atoms with Gasteiger partial charge in [0.05, 0.1) is 26.4 Å². The van der Waals surface area contributed by atoms with Gasteiger partial charge in [0.2, 0.25) is 0 Å². The molecule has 0 spiro atoms. The van der Waals surface area contributed by atoms with E-state index in [1.165, 1.54) is 13.3 Å². The number of hydrogen-bond acceptors (Lipinski definition) is 9. The average Bonchev–Trinajstić information content (AvgIpc) is 2.95. The van der Waals surface area contributed by atoms with E-state index in [-0.39, 0.29) is 0 Å². The molecule has 13 heteroatoms. The third-order valence-electron chi connectivity index (χ3n) is 6.18. The minimum absolute atomic E-state index is 0.293. The standard InChI is InChI=1S/C27H52N2O10Si/c1-24(25(30)31)16-14-19-37-22-18-29-27(33)39-21-13-11-9-7-5-6-8-10-12-20-38-26(32)28-17-15-23-40(34-2,35-3)36-4/h16H,5-15,17-23H2,1-4H3,(H,28,32)(H,29,33)(H,30,31). The highest BCUT2D eigenvalue weighted by molar-refractivity contribution is 6.60. The van der Waals surface area contributed by atoms with Crippen LogP contribution in [0.5, 0.6) is 0 Å². The Bertz CT molecular complexity index is 697. The summed E-state index contributed by atoms with van der Waals surface area (Å²) in [4.78, 5) is 34.0. The Hall–Kier alpha value is -2.19. The summed E-state index contributed by atoms with van der Waals surface area (Å²) in [5.74, 6) is -0.933. The van der Waals surface area contributed by atoms with Crippen molar-refractivity contribution in [2.24, 2.45) is 0 Å². The van der Waals surface area contributed by atoms with E-state index in [0.717, 1.165) is 51.4 Å². The number of carboxylic acids is 1. The van der Waals surface area contributed by atoms with Crippen molar-refractivity contribution in [3.05, 3.63) is 11.6 Å². The lowest BCUT2D eigenvalue weighted by molar-refractivity contribution is -0.132. The Balaban J connectivity index is 3.41. The molecule has 0 saturated carbocycles. The van der Waals surface area contributed by atoms with Crippen LogP contribution in [0.1, 0.15) is 77.6 Å². The number of carbonyl (C=O) groups excluding carboxylic acids is 2. The normalized spacial score (nSPS) is 11.8. The highest BCUT2D eigenvalue weighted by Gasteiger charge is 2.36. The molecular formula is C27H52N2O10Si. The Morgan fingerprint density at radius 3 is 1.62 bits per heavy atom. The molecule has 12 nitrogen and oxygen atoms in total. The fourth-order valence-corrected chi connectivity index (χ4v) is 5.42. The second kappa shape index (κ2) is 25.8. The van der Waals surface area contributed by atoms with Crippen LogP contribution in [0.25, 0.3) is 0 Å². The van der Waals surface area contributed by atoms with Crippen LogP contribution in [-0.2, 0) is 32.3 Å². The zero-order valence-corrected chi connectivity index (χ0v) is 25.9. The lowest BCUT2D eigenvalue weighted by atomic mass is 10.1. The van der Waals surface area contributed by atoms with E-state index < -0.39 is 27.0 Å². The van der Waals surface area contributed by atoms with Gasteiger partial charge in [0.15, 0.2) is 0 Å². The molecule has 0 bridgehead atoms. The van der Waals surface area contributed by atoms with Crippen LogP contribution in [0.4, 0.5) is 9.59 Å². The maximum absolute atomic E-state index is 11.8. The molecule has 0 rings (SSSR count). The second-order valence-electron chi connectivity index (χ2n) is 9.30. The molecule has 0 atom stereocenters. The summed E-state index contributed by atoms with van der Waals surface area (Å²) in [5.41, 5.74) is 0.293. The van der Waals surface area contributed by atoms with Gasteiger partial charge in [0, 0.05) is 46.0 Å². The highest BCUT2D eigenvalue weighted by atomic mass is 28.4. The lowest BCUT2D eigenvalue weighted by Crippen LogP contribution is -2.43. The maximum Gasteiger partial charge on any atom is 0.500 e. The molecule has 2 amide bonds. The summed E-state index contributed by atoms with van der Waals surface area (Å²) in [6.07, 6.45) is 11.4. The van der Waals surface area contributed by atoms with Crippen LogP contribution in [0.3, 0.4) is 0 Å². The van der Waals surface area contributed by atoms with Crippen molar-refractivity contribution in [3.8, 4) is 0 Å². The van der Waals surface area contributed by atoms with E-state index in [0.29, 0.717) is 64.0 Å². The lowest BCUT2D eigenvalue weighted by Gasteiger charge is -2.24. The fraction of sp³-hybridized carbons (Fsp3) is 0.815. The Morgan fingerprint density at radius 1 is 0.675 bits per heavy atom. The first-order chi connectivity index (χ1) is 19.3. The summed E-state index contributed by atoms with van der Waals surface area (Å²) in [6, 6.07) is 0.623. The number of amides is 2. The van der Waals surface area contributed by atoms with Gasteiger partial charge < -0.3 is 43.2 Å². The molecule has 234 valence electrons. The summed E-state index contributed by atoms with van der Waals surface area (Å²) in [7, 11) is 2.12. The van der Waals surface area contributed by atoms with E-state index >= 15 is 0 Å². The molecule has 0 aliphatic heterocycles. The average molecular weight is 593 g/mol. The van der Waals surface area contributed by atoms with Crippen LogP contribution in [0.2, 0.25) is 6.04 Å². The molecule has 0 aliphatic carbocycles. The zero-order chi connectivity index (χ0) is 29.9. The van der Waals surface area contributed by atoms with Crippen molar-refractivity contribution in [2.45, 2.75) is 83.6 Å². The summed E-state index contributed by atoms with van der Waals surface area (Å²) in [5, 5.41) is 14.1. The van der Waals surface area contributed by atoms with Gasteiger partial charge in [-0.15, -0.1) is 0 Å². The fourth-order valence-electron chi connectivity index (χ4n) is 3.70. The van der Waals surface area contributed by atoms with Gasteiger partial charge >= 0.3 is 27.0 Å². The molecular weight excluding hydrogens is 540 g/mol. The summed E-state index contributed by atoms with van der Waals surface area (Å²) >= 11 is 0. The second-order valence-corrected chi connectivity index (χ2v) is 12.4. The number of carboxylic acid groups (broad SMARTS) is 1. The van der Waals surface area contributed by atoms with Crippen LogP contribution < -0.4 is 10.6 Å². The quantitative estimate of drug-likeness (QED) is 0.0735. The zero-order valence-electron chi connectivity index (χ0n) is 24.9. The number of nitrogens with one attached hydrogen (secondary N) is 2. The monoisotopic (exact) mass is 592 g/mol. The van der Waals surface area contributed by atoms with E-state index in [4.69, 9.17) is 32.6 Å². The minimum atomic E-state index is -2.59. The Labute approximate surface area is 240 Å². The van der Waals surface area contributed by atoms with Crippen molar-refractivity contribution in [2.75, 3.05) is 60.8 Å². The largest absolute Gasteiger partial charge is 0.500 e. The molecule has 0 aromatic heterocycles. The van der Waals surface area contributed by atoms with Crippen molar-refractivity contribution >= 4 is 27.0 Å². The van der Waals surface area contributed by atoms with Crippen molar-refractivity contribution < 1.29 is 47.0 Å². The SMILES string of the molecule is CO[Si](CCCNC(=O)OCCCCCCCCCCCOC(=O)NCCOCCC=C(C)C(=O)O)(OC)OC. The number of rotatable bonds is 26. The summed E-state index contributed by atoms with van der Waals surface area (Å²) in [6.45, 7) is 3.94. The third-order valence-corrected chi connectivity index (χ3v) is 9.01. The van der Waals surface area contributed by atoms with Gasteiger partial charge in [-0.1, -0.05) is 51.0 Å². The van der Waals surface area contributed by atoms with Gasteiger partial charge in [-0.25, -0.2) is 14.4 Å². The maximum atomic E-state index is 11.8. The van der Waals surface area contributed by atoms with Crippen molar-refractivity contribution in [1.29, 1.82) is 0 Å². The van der Waals surface area contributed by atoms with Gasteiger partial charge in [-0.05, 0) is 32.6 Å². The van der Waals surface area contributed by atoms with Crippen LogP contribution in [0.15, 0.2) is 11.6 Å². The number of aliphatic carboxylic acids is 1. The number of carbonyl (C=O) groups is 3. The molecule has 40 heavy (non-hydrogen) atoms. The summed E-state index contributed by atoms with van der Waals surface area (Å²) < 4.78 is 31.7. The predicted octanol–water partition coefficient (Wildman–Crippen LogP) is 4.66. The van der Waals surface area contributed by atoms with Gasteiger partial charge in [-0.3, -0.25) is 0 Å². The van der Waals surface area contributed by atoms with Crippen LogP contribution in [0, 0.1) is 0 Å². The predicted molar refractivity (Wildman–Crippen MR) is 153 cm³/mol. The molecule has 0 heterocycles. The van der Waals surface area contributed by atoms with E-state index in [2.05, 4.69) is 10.6 Å². The molecule has 0 unspecified atom stereocenters. The van der Waals surface area contributed by atoms with E-state index in [1.807, 2.05) is 0 Å². The Morgan fingerprint density at radius 2 is 1.15 bits per heavy atom. The number of unbranched alkanes of at least 4 members (excludes halogenated alkanes) is 8. The molecule has 0 aromatic rings. The van der Waals surface area contributed by atoms with Crippen LogP contribution in [-0.4, -0.2) is 92.9 Å². The van der Waals surface area contributed by atoms with Crippen LogP contribution >= 0.6 is 0 Å². The van der Waals surface area contributed by atoms with Crippen molar-refractivity contribution in [3.63, 3.8) is 0 Å². The first-order valence-electron chi connectivity index (χ1n) is 14.2. The number of ether oxygens (including phenoxy) is 3. The molecule has 3 N–H and O–H groups in total. The number of hydrogen-bond donors (Lipinski definition) is 3. The molecule has 0 aromatic carbocycles. The third kappa shape index (κ3) is 21.6. The number of alkyl carbamates (subject to hydrolysis) is 2. The topological polar surface area (TPSA) is 151 Å². The van der Waals surface area contributed by atoms with E-state index in [1.54, 1.807) is 27.4 Å². The first-order valence-corrected chi connectivity index (χ1v) is 16.2. The van der Waals surface area contributed by atoms with Gasteiger partial charge in [-0.2, -0.15) is 0 Å². The van der Waals surface area contributed by atoms with E-state index in [9.17, 15) is 14.4 Å². The molecule has 0 fully saturated rings. The van der Waals surface area contributed by atoms with Crippen molar-refractivity contribution in [1.82, 2.24) is 10.6 Å². The van der Waals surface area contributed by atoms with Gasteiger partial charge in [0.25, 0.3) is 0 Å². The molecule has 0 saturated heterocycles. The highest BCUT2D eigenvalue weighted by Crippen LogP contribution is 2.14. The molecule has 0 aliphatic rings. The van der Waals surface area contributed by atoms with Gasteiger partial charge in [0.1, 0.15) is 0 Å².